The summed E-state index contributed by atoms with van der Waals surface area (Å²) in [6.07, 6.45) is -17.7. The molecule has 44 heteroatoms. The van der Waals surface area contributed by atoms with E-state index in [4.69, 9.17) is 86.1 Å². The van der Waals surface area contributed by atoms with Crippen LogP contribution < -0.4 is 11.5 Å². The van der Waals surface area contributed by atoms with Crippen molar-refractivity contribution in [3.8, 4) is 0 Å². The third-order valence-corrected chi connectivity index (χ3v) is 20.3. The predicted octanol–water partition coefficient (Wildman–Crippen LogP) is -1.93. The Morgan fingerprint density at radius 3 is 1.53 bits per heavy atom. The number of aliphatic hydroxyl groups is 6. The second-order valence-corrected chi connectivity index (χ2v) is 28.0. The van der Waals surface area contributed by atoms with Gasteiger partial charge in [0.25, 0.3) is 0 Å². The molecule has 22 atom stereocenters. The minimum atomic E-state index is -5.36. The van der Waals surface area contributed by atoms with Gasteiger partial charge in [-0.15, -0.1) is 0 Å². The van der Waals surface area contributed by atoms with Gasteiger partial charge in [-0.2, -0.15) is 0 Å². The zero-order valence-corrected chi connectivity index (χ0v) is 50.4. The molecular weight excluding hydrogens is 1270 g/mol. The highest BCUT2D eigenvalue weighted by molar-refractivity contribution is 8.08. The van der Waals surface area contributed by atoms with Crippen molar-refractivity contribution in [3.05, 3.63) is 25.3 Å². The molecule has 14 N–H and O–H groups in total. The maximum Gasteiger partial charge on any atom is 0.481 e. The van der Waals surface area contributed by atoms with Gasteiger partial charge in [0.1, 0.15) is 72.5 Å². The lowest BCUT2D eigenvalue weighted by Gasteiger charge is -2.43. The number of aliphatic hydroxyl groups excluding tert-OH is 6. The van der Waals surface area contributed by atoms with Gasteiger partial charge >= 0.3 is 47.0 Å². The van der Waals surface area contributed by atoms with E-state index in [1.165, 1.54) is 35.0 Å². The number of hydrogen-bond donors (Lipinski definition) is 12. The average molecular weight is 1330 g/mol. The first-order valence-corrected chi connectivity index (χ1v) is 33.2. The van der Waals surface area contributed by atoms with Crippen molar-refractivity contribution in [2.24, 2.45) is 11.8 Å². The number of fused-ring (bicyclic) bond motifs is 2. The minimum absolute atomic E-state index is 0.0629. The summed E-state index contributed by atoms with van der Waals surface area (Å²) in [5.74, 6) is -2.51. The van der Waals surface area contributed by atoms with E-state index in [-0.39, 0.29) is 45.8 Å². The Kier molecular flexibility index (Phi) is 22.5. The number of rotatable bonds is 21. The molecule has 476 valence electrons. The lowest BCUT2D eigenvalue weighted by molar-refractivity contribution is -0.280. The number of nitrogens with zero attached hydrogens (tertiary/aromatic N) is 8. The minimum Gasteiger partial charge on any atom is -0.457 e. The average Bonchev–Trinajstić information content (AvgIpc) is 2.20. The molecule has 4 aromatic rings. The topological polar surface area (TPSA) is 547 Å². The van der Waals surface area contributed by atoms with Gasteiger partial charge in [0, 0.05) is 26.7 Å². The van der Waals surface area contributed by atoms with E-state index in [9.17, 15) is 73.7 Å². The largest absolute Gasteiger partial charge is 0.481 e. The summed E-state index contributed by atoms with van der Waals surface area (Å²) in [4.78, 5) is 102. The van der Waals surface area contributed by atoms with Crippen LogP contribution in [0, 0.1) is 11.8 Å². The molecular formula is C41H62N10O28P4S2. The predicted molar refractivity (Wildman–Crippen MR) is 286 cm³/mol. The first-order chi connectivity index (χ1) is 39.7. The maximum absolute atomic E-state index is 13.1. The normalized spacial score (nSPS) is 34.3. The molecule has 8 rings (SSSR count). The quantitative estimate of drug-likeness (QED) is 0.0246. The third-order valence-electron chi connectivity index (χ3n) is 13.3. The van der Waals surface area contributed by atoms with Crippen LogP contribution >= 0.6 is 29.1 Å². The number of esters is 3. The van der Waals surface area contributed by atoms with Crippen LogP contribution in [0.25, 0.3) is 22.3 Å². The number of ether oxygens (including phenoxy) is 7. The van der Waals surface area contributed by atoms with E-state index in [1.54, 1.807) is 6.92 Å². The lowest BCUT2D eigenvalue weighted by atomic mass is 9.82. The Hall–Kier alpha value is -3.93. The van der Waals surface area contributed by atoms with Crippen molar-refractivity contribution in [2.45, 2.75) is 146 Å². The van der Waals surface area contributed by atoms with Crippen LogP contribution in [0.2, 0.25) is 0 Å². The van der Waals surface area contributed by atoms with E-state index in [2.05, 4.69) is 38.7 Å². The fraction of sp³-hybridized carbons (Fsp3) is 0.683. The summed E-state index contributed by atoms with van der Waals surface area (Å²) in [7, 11) is -10.6. The van der Waals surface area contributed by atoms with E-state index in [0.29, 0.717) is 6.42 Å². The van der Waals surface area contributed by atoms with Crippen LogP contribution in [0.3, 0.4) is 0 Å². The van der Waals surface area contributed by atoms with Crippen LogP contribution in [0.5, 0.6) is 0 Å². The molecule has 4 aliphatic heterocycles. The zero-order valence-electron chi connectivity index (χ0n) is 45.2. The Bertz CT molecular complexity index is 3230. The third kappa shape index (κ3) is 16.5. The van der Waals surface area contributed by atoms with Crippen LogP contribution in [-0.2, 0) is 107 Å². The molecule has 8 heterocycles. The molecule has 85 heavy (non-hydrogen) atoms. The Balaban J connectivity index is 0.000000249. The second kappa shape index (κ2) is 27.9. The number of hydrogen-bond acceptors (Lipinski definition) is 34. The summed E-state index contributed by atoms with van der Waals surface area (Å²) < 4.78 is 96.2. The molecule has 4 fully saturated rings. The van der Waals surface area contributed by atoms with Crippen LogP contribution in [0.4, 0.5) is 11.6 Å². The van der Waals surface area contributed by atoms with E-state index < -0.39 is 165 Å². The van der Waals surface area contributed by atoms with Crippen molar-refractivity contribution in [1.82, 2.24) is 39.0 Å². The van der Waals surface area contributed by atoms with Crippen molar-refractivity contribution in [1.29, 1.82) is 0 Å². The summed E-state index contributed by atoms with van der Waals surface area (Å²) >= 11 is 9.68. The Morgan fingerprint density at radius 2 is 1.02 bits per heavy atom. The highest BCUT2D eigenvalue weighted by atomic mass is 32.5. The van der Waals surface area contributed by atoms with Crippen LogP contribution in [0.1, 0.15) is 60.4 Å². The van der Waals surface area contributed by atoms with E-state index in [1.807, 2.05) is 13.8 Å². The number of nitrogen functional groups attached to an aromatic ring is 2. The smallest absolute Gasteiger partial charge is 0.457 e. The Morgan fingerprint density at radius 1 is 0.576 bits per heavy atom. The van der Waals surface area contributed by atoms with Gasteiger partial charge in [-0.1, -0.05) is 20.8 Å². The van der Waals surface area contributed by atoms with Crippen molar-refractivity contribution in [2.75, 3.05) is 31.3 Å². The summed E-state index contributed by atoms with van der Waals surface area (Å²) in [6.45, 7) is -2.58. The molecule has 4 aliphatic rings. The van der Waals surface area contributed by atoms with Gasteiger partial charge in [-0.05, 0) is 36.0 Å². The van der Waals surface area contributed by atoms with Gasteiger partial charge in [0.05, 0.1) is 38.6 Å². The number of aromatic nitrogens is 8. The number of phosphoric ester groups is 2. The Labute approximate surface area is 490 Å². The van der Waals surface area contributed by atoms with Crippen LogP contribution in [-0.4, -0.2) is 213 Å². The SMILES string of the molecule is CCC1O[C@@H](OP(=O)(O)OP(O)(=S)OC[C@H]2O[C@@H](n3cnc4c(N)ncnc43)[C@@H](OC(C)=O)C2OC(C)=O)C(OC(C)=O)[C@@H](C)[C@@H]1C.Nc1ncnc2c1ncn2[C@@H]1O[C@H](COP(O)(=S)OP(=O)(O)O[C@@H]2OC(CO)[C@@H](O)[C@H](O)C2O)C(O)[C@@H]1O. The number of nitrogens with two attached hydrogens (primary N) is 2. The number of anilines is 2. The molecule has 4 saturated heterocycles. The van der Waals surface area contributed by atoms with Gasteiger partial charge in [-0.3, -0.25) is 32.6 Å². The number of carbonyl (C=O) groups is 3. The molecule has 38 nitrogen and oxygen atoms in total. The summed E-state index contributed by atoms with van der Waals surface area (Å²) in [6, 6.07) is 0. The molecule has 4 aromatic heterocycles. The molecule has 10 unspecified atom stereocenters. The van der Waals surface area contributed by atoms with Gasteiger partial charge in [0.2, 0.25) is 6.29 Å². The first-order valence-electron chi connectivity index (χ1n) is 25.1. The van der Waals surface area contributed by atoms with Crippen molar-refractivity contribution >= 4 is 105 Å². The highest BCUT2D eigenvalue weighted by Crippen LogP contribution is 2.63. The molecule has 0 saturated carbocycles. The van der Waals surface area contributed by atoms with Crippen molar-refractivity contribution in [3.63, 3.8) is 0 Å². The highest BCUT2D eigenvalue weighted by Gasteiger charge is 2.53. The molecule has 0 amide bonds. The van der Waals surface area contributed by atoms with E-state index in [0.717, 1.165) is 20.2 Å². The van der Waals surface area contributed by atoms with Crippen LogP contribution in [0.15, 0.2) is 25.3 Å². The number of carbonyl (C=O) groups excluding carboxylic acids is 3. The molecule has 0 aromatic carbocycles. The van der Waals surface area contributed by atoms with Gasteiger partial charge in [-0.25, -0.2) is 47.7 Å². The lowest BCUT2D eigenvalue weighted by Crippen LogP contribution is -2.58. The van der Waals surface area contributed by atoms with Gasteiger partial charge < -0.3 is 104 Å². The number of imidazole rings is 2. The summed E-state index contributed by atoms with van der Waals surface area (Å²) in [5, 5.41) is 59.5. The van der Waals surface area contributed by atoms with Crippen molar-refractivity contribution < 1.29 is 134 Å². The maximum atomic E-state index is 13.1. The molecule has 0 spiro atoms. The van der Waals surface area contributed by atoms with Gasteiger partial charge in [0.15, 0.2) is 60.0 Å². The molecule has 0 radical (unpaired) electrons. The molecule has 0 bridgehead atoms. The number of phosphoric acid groups is 2. The molecule has 0 aliphatic carbocycles. The first kappa shape index (κ1) is 68.6. The zero-order chi connectivity index (χ0) is 62.8. The standard InChI is InChI=1S/C25H37N5O14P2S.C16H25N5O14P2S/c1-7-16-11(2)12(3)19(38-13(4)31)25(42-16)43-45(34,35)44-46(36,47)37-8-17-20(39-14(5)32)21(40-15(6)33)24(41-17)30-10-29-18-22(26)27-9-28-23(18)30;17-13-7-14(19-3-18-13)21(4-20-7)15-11(26)9(24)6(32-15)2-31-37(30,38)35-36(28,29)34-16-12(27)10(25)8(23)5(1-22)33-16/h9-12,16-17,19-21,24-25H,7-8H2,1-6H3,(H,34,35)(H,36,47)(H2,26,27,28);3-6,8-12,15-16,22-27H,1-2H2,(H,28,29)(H,30,38)(H2,17,18,19)/t11-,12-,16?,17+,19?,20?,21-,24+,25-,46?;5?,6-,8-,9?,10+,11+,12?,15-,16+,37?/m01/s1. The fourth-order valence-electron chi connectivity index (χ4n) is 9.19. The monoisotopic (exact) mass is 1330 g/mol. The van der Waals surface area contributed by atoms with E-state index >= 15 is 0 Å². The second-order valence-electron chi connectivity index (χ2n) is 19.2. The summed E-state index contributed by atoms with van der Waals surface area (Å²) in [5.41, 5.74) is 12.4. The fourth-order valence-corrected chi connectivity index (χ4v) is 15.4.